The van der Waals surface area contributed by atoms with Crippen molar-refractivity contribution in [1.29, 1.82) is 0 Å². The summed E-state index contributed by atoms with van der Waals surface area (Å²) in [5.74, 6) is 0.741. The molecule has 0 unspecified atom stereocenters. The largest absolute Gasteiger partial charge is 0.316 e. The molecule has 0 aliphatic rings. The van der Waals surface area contributed by atoms with Crippen LogP contribution in [0.2, 0.25) is 0 Å². The first-order valence-corrected chi connectivity index (χ1v) is 4.94. The first kappa shape index (κ1) is 10.3. The van der Waals surface area contributed by atoms with Crippen molar-refractivity contribution in [3.63, 3.8) is 0 Å². The van der Waals surface area contributed by atoms with Gasteiger partial charge in [-0.05, 0) is 30.5 Å². The zero-order valence-electron chi connectivity index (χ0n) is 8.80. The molecule has 1 N–H and O–H groups in total. The van der Waals surface area contributed by atoms with Crippen LogP contribution in [0.1, 0.15) is 25.0 Å². The molecule has 0 atom stereocenters. The van der Waals surface area contributed by atoms with E-state index >= 15 is 0 Å². The summed E-state index contributed by atoms with van der Waals surface area (Å²) < 4.78 is 0. The van der Waals surface area contributed by atoms with Crippen LogP contribution < -0.4 is 5.32 Å². The maximum absolute atomic E-state index is 3.16. The highest BCUT2D eigenvalue weighted by Crippen LogP contribution is 2.10. The monoisotopic (exact) mass is 177 g/mol. The number of nitrogens with one attached hydrogen (secondary N) is 1. The maximum atomic E-state index is 3.16. The Morgan fingerprint density at radius 2 is 1.92 bits per heavy atom. The van der Waals surface area contributed by atoms with E-state index in [1.165, 1.54) is 17.5 Å². The molecule has 0 aromatic heterocycles. The minimum Gasteiger partial charge on any atom is -0.316 e. The Hall–Kier alpha value is -0.820. The molecule has 0 aliphatic heterocycles. The van der Waals surface area contributed by atoms with Crippen LogP contribution in [0.4, 0.5) is 0 Å². The van der Waals surface area contributed by atoms with E-state index in [9.17, 15) is 0 Å². The Labute approximate surface area is 81.2 Å². The summed E-state index contributed by atoms with van der Waals surface area (Å²) >= 11 is 0. The van der Waals surface area contributed by atoms with Gasteiger partial charge in [0.05, 0.1) is 0 Å². The van der Waals surface area contributed by atoms with Gasteiger partial charge in [0, 0.05) is 6.54 Å². The van der Waals surface area contributed by atoms with E-state index < -0.39 is 0 Å². The number of benzene rings is 1. The zero-order valence-corrected chi connectivity index (χ0v) is 8.80. The smallest absolute Gasteiger partial charge is 0.0202 e. The summed E-state index contributed by atoms with van der Waals surface area (Å²) in [6, 6.07) is 8.81. The van der Waals surface area contributed by atoms with Gasteiger partial charge < -0.3 is 5.32 Å². The van der Waals surface area contributed by atoms with Gasteiger partial charge in [-0.2, -0.15) is 0 Å². The fourth-order valence-electron chi connectivity index (χ4n) is 1.54. The lowest BCUT2D eigenvalue weighted by molar-refractivity contribution is 0.646. The molecular weight excluding hydrogens is 158 g/mol. The van der Waals surface area contributed by atoms with E-state index in [2.05, 4.69) is 43.4 Å². The van der Waals surface area contributed by atoms with Crippen LogP contribution in [-0.4, -0.2) is 7.05 Å². The first-order valence-electron chi connectivity index (χ1n) is 4.94. The standard InChI is InChI=1S/C12H19N/c1-10(2)7-11-5-4-6-12(8-11)9-13-3/h4-6,8,10,13H,7,9H2,1-3H3. The molecule has 0 spiro atoms. The van der Waals surface area contributed by atoms with Crippen molar-refractivity contribution >= 4 is 0 Å². The van der Waals surface area contributed by atoms with Crippen molar-refractivity contribution in [3.8, 4) is 0 Å². The first-order chi connectivity index (χ1) is 6.22. The SMILES string of the molecule is CNCc1cccc(CC(C)C)c1. The van der Waals surface area contributed by atoms with Gasteiger partial charge in [-0.1, -0.05) is 38.1 Å². The molecule has 1 nitrogen and oxygen atoms in total. The van der Waals surface area contributed by atoms with Crippen LogP contribution in [-0.2, 0) is 13.0 Å². The maximum Gasteiger partial charge on any atom is 0.0202 e. The van der Waals surface area contributed by atoms with Gasteiger partial charge in [0.1, 0.15) is 0 Å². The molecule has 1 heteroatoms. The van der Waals surface area contributed by atoms with Crippen LogP contribution in [0.25, 0.3) is 0 Å². The van der Waals surface area contributed by atoms with Crippen molar-refractivity contribution in [3.05, 3.63) is 35.4 Å². The molecule has 0 amide bonds. The molecule has 1 aromatic rings. The highest BCUT2D eigenvalue weighted by Gasteiger charge is 1.98. The average Bonchev–Trinajstić information content (AvgIpc) is 2.04. The van der Waals surface area contributed by atoms with Crippen molar-refractivity contribution in [2.45, 2.75) is 26.8 Å². The summed E-state index contributed by atoms with van der Waals surface area (Å²) in [4.78, 5) is 0. The summed E-state index contributed by atoms with van der Waals surface area (Å²) in [7, 11) is 1.98. The predicted molar refractivity (Wildman–Crippen MR) is 57.7 cm³/mol. The fraction of sp³-hybridized carbons (Fsp3) is 0.500. The average molecular weight is 177 g/mol. The van der Waals surface area contributed by atoms with E-state index in [1.807, 2.05) is 7.05 Å². The van der Waals surface area contributed by atoms with E-state index in [4.69, 9.17) is 0 Å². The van der Waals surface area contributed by atoms with E-state index in [0.29, 0.717) is 0 Å². The van der Waals surface area contributed by atoms with Gasteiger partial charge in [-0.25, -0.2) is 0 Å². The lowest BCUT2D eigenvalue weighted by Gasteiger charge is -2.06. The van der Waals surface area contributed by atoms with Gasteiger partial charge in [0.25, 0.3) is 0 Å². The second-order valence-electron chi connectivity index (χ2n) is 3.95. The van der Waals surface area contributed by atoms with Crippen LogP contribution in [0, 0.1) is 5.92 Å². The topological polar surface area (TPSA) is 12.0 Å². The minimum absolute atomic E-state index is 0.741. The van der Waals surface area contributed by atoms with Crippen molar-refractivity contribution < 1.29 is 0 Å². The minimum atomic E-state index is 0.741. The lowest BCUT2D eigenvalue weighted by atomic mass is 10.0. The number of rotatable bonds is 4. The second kappa shape index (κ2) is 5.03. The molecular formula is C12H19N. The van der Waals surface area contributed by atoms with Gasteiger partial charge in [-0.3, -0.25) is 0 Å². The third kappa shape index (κ3) is 3.60. The van der Waals surface area contributed by atoms with Crippen LogP contribution in [0.3, 0.4) is 0 Å². The number of hydrogen-bond donors (Lipinski definition) is 1. The Morgan fingerprint density at radius 1 is 1.23 bits per heavy atom. The highest BCUT2D eigenvalue weighted by molar-refractivity contribution is 5.23. The Balaban J connectivity index is 2.67. The van der Waals surface area contributed by atoms with Crippen molar-refractivity contribution in [1.82, 2.24) is 5.32 Å². The van der Waals surface area contributed by atoms with Gasteiger partial charge in [0.15, 0.2) is 0 Å². The van der Waals surface area contributed by atoms with Gasteiger partial charge in [-0.15, -0.1) is 0 Å². The quantitative estimate of drug-likeness (QED) is 0.745. The van der Waals surface area contributed by atoms with Crippen LogP contribution in [0.15, 0.2) is 24.3 Å². The van der Waals surface area contributed by atoms with Crippen molar-refractivity contribution in [2.24, 2.45) is 5.92 Å². The third-order valence-corrected chi connectivity index (χ3v) is 2.02. The normalized spacial score (nSPS) is 10.8. The van der Waals surface area contributed by atoms with Crippen LogP contribution >= 0.6 is 0 Å². The Kier molecular flexibility index (Phi) is 3.97. The third-order valence-electron chi connectivity index (χ3n) is 2.02. The molecule has 0 radical (unpaired) electrons. The zero-order chi connectivity index (χ0) is 9.68. The summed E-state index contributed by atoms with van der Waals surface area (Å²) in [6.45, 7) is 5.47. The second-order valence-corrected chi connectivity index (χ2v) is 3.95. The molecule has 0 bridgehead atoms. The van der Waals surface area contributed by atoms with E-state index in [-0.39, 0.29) is 0 Å². The number of hydrogen-bond acceptors (Lipinski definition) is 1. The lowest BCUT2D eigenvalue weighted by Crippen LogP contribution is -2.05. The molecule has 72 valence electrons. The molecule has 1 aromatic carbocycles. The predicted octanol–water partition coefficient (Wildman–Crippen LogP) is 2.60. The summed E-state index contributed by atoms with van der Waals surface area (Å²) in [5.41, 5.74) is 2.82. The summed E-state index contributed by atoms with van der Waals surface area (Å²) in [6.07, 6.45) is 1.18. The molecule has 0 aliphatic carbocycles. The van der Waals surface area contributed by atoms with Crippen molar-refractivity contribution in [2.75, 3.05) is 7.05 Å². The van der Waals surface area contributed by atoms with E-state index in [0.717, 1.165) is 12.5 Å². The molecule has 0 saturated carbocycles. The Bertz CT molecular complexity index is 253. The molecule has 13 heavy (non-hydrogen) atoms. The van der Waals surface area contributed by atoms with Gasteiger partial charge in [0.2, 0.25) is 0 Å². The Morgan fingerprint density at radius 3 is 2.54 bits per heavy atom. The van der Waals surface area contributed by atoms with Gasteiger partial charge >= 0.3 is 0 Å². The highest BCUT2D eigenvalue weighted by atomic mass is 14.8. The fourth-order valence-corrected chi connectivity index (χ4v) is 1.54. The molecule has 0 fully saturated rings. The summed E-state index contributed by atoms with van der Waals surface area (Å²) in [5, 5.41) is 3.16. The molecule has 1 rings (SSSR count). The molecule has 0 saturated heterocycles. The molecule has 0 heterocycles. The van der Waals surface area contributed by atoms with Crippen LogP contribution in [0.5, 0.6) is 0 Å². The van der Waals surface area contributed by atoms with E-state index in [1.54, 1.807) is 0 Å².